The van der Waals surface area contributed by atoms with Crippen molar-refractivity contribution < 1.29 is 0 Å². The minimum Gasteiger partial charge on any atom is -0.314 e. The van der Waals surface area contributed by atoms with Crippen LogP contribution >= 0.6 is 0 Å². The van der Waals surface area contributed by atoms with Crippen LogP contribution < -0.4 is 5.32 Å². The smallest absolute Gasteiger partial charge is 0.00979 e. The van der Waals surface area contributed by atoms with E-state index >= 15 is 0 Å². The minimum atomic E-state index is 0.463. The van der Waals surface area contributed by atoms with Gasteiger partial charge in [-0.25, -0.2) is 0 Å². The van der Waals surface area contributed by atoms with Gasteiger partial charge in [-0.15, -0.1) is 0 Å². The molecule has 0 heterocycles. The normalized spacial score (nSPS) is 30.8. The summed E-state index contributed by atoms with van der Waals surface area (Å²) in [5.41, 5.74) is 1.02. The van der Waals surface area contributed by atoms with Gasteiger partial charge in [0, 0.05) is 6.04 Å². The summed E-state index contributed by atoms with van der Waals surface area (Å²) >= 11 is 0. The second-order valence-corrected chi connectivity index (χ2v) is 7.42. The number of hydrogen-bond donors (Lipinski definition) is 1. The highest BCUT2D eigenvalue weighted by molar-refractivity contribution is 4.91. The summed E-state index contributed by atoms with van der Waals surface area (Å²) in [4.78, 5) is 0. The van der Waals surface area contributed by atoms with E-state index in [9.17, 15) is 0 Å². The number of hydrogen-bond acceptors (Lipinski definition) is 1. The lowest BCUT2D eigenvalue weighted by Crippen LogP contribution is -2.33. The Morgan fingerprint density at radius 1 is 1.20 bits per heavy atom. The van der Waals surface area contributed by atoms with Crippen molar-refractivity contribution in [3.05, 3.63) is 0 Å². The molecule has 1 N–H and O–H groups in total. The van der Waals surface area contributed by atoms with Gasteiger partial charge in [0.2, 0.25) is 0 Å². The summed E-state index contributed by atoms with van der Waals surface area (Å²) in [5.74, 6) is 0.847. The first kappa shape index (κ1) is 13.0. The molecule has 2 atom stereocenters. The predicted octanol–water partition coefficient (Wildman–Crippen LogP) is 3.84. The average Bonchev–Trinajstić information content (AvgIpc) is 2.22. The van der Waals surface area contributed by atoms with Crippen LogP contribution in [0, 0.1) is 16.7 Å². The highest BCUT2D eigenvalue weighted by Gasteiger charge is 2.36. The largest absolute Gasteiger partial charge is 0.314 e. The zero-order valence-corrected chi connectivity index (χ0v) is 11.5. The van der Waals surface area contributed by atoms with Crippen LogP contribution in [0.4, 0.5) is 0 Å². The van der Waals surface area contributed by atoms with Crippen LogP contribution in [0.25, 0.3) is 0 Å². The standard InChI is InChI=1S/C14H29N/c1-11-9-14(5,6)10-12(11)15-8-7-13(2,3)4/h11-12,15H,7-10H2,1-6H3. The molecule has 0 amide bonds. The Kier molecular flexibility index (Phi) is 3.86. The van der Waals surface area contributed by atoms with Gasteiger partial charge in [0.25, 0.3) is 0 Å². The Bertz CT molecular complexity index is 200. The van der Waals surface area contributed by atoms with E-state index in [0.29, 0.717) is 10.8 Å². The van der Waals surface area contributed by atoms with Gasteiger partial charge < -0.3 is 5.32 Å². The summed E-state index contributed by atoms with van der Waals surface area (Å²) in [5, 5.41) is 3.74. The van der Waals surface area contributed by atoms with Gasteiger partial charge in [0.15, 0.2) is 0 Å². The third-order valence-electron chi connectivity index (χ3n) is 3.62. The van der Waals surface area contributed by atoms with Gasteiger partial charge in [-0.3, -0.25) is 0 Å². The Morgan fingerprint density at radius 3 is 2.20 bits per heavy atom. The molecule has 1 nitrogen and oxygen atoms in total. The molecule has 1 aliphatic rings. The third-order valence-corrected chi connectivity index (χ3v) is 3.62. The Labute approximate surface area is 96.0 Å². The van der Waals surface area contributed by atoms with E-state index in [4.69, 9.17) is 0 Å². The molecule has 0 aromatic rings. The molecule has 1 saturated carbocycles. The summed E-state index contributed by atoms with van der Waals surface area (Å²) in [6.07, 6.45) is 4.00. The van der Waals surface area contributed by atoms with Gasteiger partial charge in [-0.1, -0.05) is 41.5 Å². The second-order valence-electron chi connectivity index (χ2n) is 7.42. The molecule has 1 rings (SSSR count). The summed E-state index contributed by atoms with van der Waals surface area (Å²) in [7, 11) is 0. The van der Waals surface area contributed by atoms with Crippen molar-refractivity contribution in [1.29, 1.82) is 0 Å². The van der Waals surface area contributed by atoms with Crippen LogP contribution in [0.1, 0.15) is 60.8 Å². The molecule has 0 aliphatic heterocycles. The lowest BCUT2D eigenvalue weighted by molar-refractivity contribution is 0.333. The quantitative estimate of drug-likeness (QED) is 0.748. The van der Waals surface area contributed by atoms with Crippen LogP contribution in [0.15, 0.2) is 0 Å². The lowest BCUT2D eigenvalue weighted by Gasteiger charge is -2.22. The average molecular weight is 211 g/mol. The van der Waals surface area contributed by atoms with Crippen molar-refractivity contribution in [2.24, 2.45) is 16.7 Å². The van der Waals surface area contributed by atoms with Crippen LogP contribution in [0.3, 0.4) is 0 Å². The molecule has 0 radical (unpaired) electrons. The van der Waals surface area contributed by atoms with E-state index in [0.717, 1.165) is 12.0 Å². The fourth-order valence-electron chi connectivity index (χ4n) is 2.80. The van der Waals surface area contributed by atoms with Crippen LogP contribution in [-0.2, 0) is 0 Å². The van der Waals surface area contributed by atoms with E-state index < -0.39 is 0 Å². The van der Waals surface area contributed by atoms with E-state index in [1.165, 1.54) is 25.8 Å². The number of rotatable bonds is 3. The van der Waals surface area contributed by atoms with Gasteiger partial charge in [0.05, 0.1) is 0 Å². The van der Waals surface area contributed by atoms with Crippen molar-refractivity contribution in [3.63, 3.8) is 0 Å². The van der Waals surface area contributed by atoms with E-state index in [2.05, 4.69) is 46.9 Å². The predicted molar refractivity (Wildman–Crippen MR) is 68.0 cm³/mol. The molecule has 0 spiro atoms. The minimum absolute atomic E-state index is 0.463. The van der Waals surface area contributed by atoms with Crippen molar-refractivity contribution >= 4 is 0 Å². The lowest BCUT2D eigenvalue weighted by atomic mass is 9.91. The van der Waals surface area contributed by atoms with Crippen LogP contribution in [0.5, 0.6) is 0 Å². The highest BCUT2D eigenvalue weighted by Crippen LogP contribution is 2.40. The van der Waals surface area contributed by atoms with Gasteiger partial charge in [-0.05, 0) is 42.6 Å². The summed E-state index contributed by atoms with van der Waals surface area (Å²) in [6, 6.07) is 0.752. The third kappa shape index (κ3) is 4.55. The Hall–Kier alpha value is -0.0400. The van der Waals surface area contributed by atoms with Gasteiger partial charge in [0.1, 0.15) is 0 Å². The topological polar surface area (TPSA) is 12.0 Å². The molecule has 0 aromatic carbocycles. The molecular weight excluding hydrogens is 182 g/mol. The molecule has 0 saturated heterocycles. The van der Waals surface area contributed by atoms with Crippen molar-refractivity contribution in [3.8, 4) is 0 Å². The van der Waals surface area contributed by atoms with E-state index in [1.54, 1.807) is 0 Å². The Morgan fingerprint density at radius 2 is 1.80 bits per heavy atom. The maximum absolute atomic E-state index is 3.74. The fraction of sp³-hybridized carbons (Fsp3) is 1.00. The highest BCUT2D eigenvalue weighted by atomic mass is 14.9. The molecule has 1 heteroatoms. The van der Waals surface area contributed by atoms with Crippen LogP contribution in [0.2, 0.25) is 0 Å². The molecular formula is C14H29N. The maximum atomic E-state index is 3.74. The fourth-order valence-corrected chi connectivity index (χ4v) is 2.80. The molecule has 2 unspecified atom stereocenters. The number of nitrogens with one attached hydrogen (secondary N) is 1. The first-order valence-corrected chi connectivity index (χ1v) is 6.43. The zero-order valence-electron chi connectivity index (χ0n) is 11.5. The van der Waals surface area contributed by atoms with E-state index in [1.807, 2.05) is 0 Å². The van der Waals surface area contributed by atoms with Crippen LogP contribution in [-0.4, -0.2) is 12.6 Å². The van der Waals surface area contributed by atoms with E-state index in [-0.39, 0.29) is 0 Å². The second kappa shape index (κ2) is 4.45. The molecule has 15 heavy (non-hydrogen) atoms. The van der Waals surface area contributed by atoms with Crippen molar-refractivity contribution in [2.45, 2.75) is 66.8 Å². The zero-order chi connectivity index (χ0) is 11.7. The molecule has 90 valence electrons. The van der Waals surface area contributed by atoms with Crippen molar-refractivity contribution in [1.82, 2.24) is 5.32 Å². The maximum Gasteiger partial charge on any atom is 0.00979 e. The molecule has 0 aromatic heterocycles. The monoisotopic (exact) mass is 211 g/mol. The molecule has 1 aliphatic carbocycles. The van der Waals surface area contributed by atoms with Gasteiger partial charge in [-0.2, -0.15) is 0 Å². The first-order valence-electron chi connectivity index (χ1n) is 6.43. The summed E-state index contributed by atoms with van der Waals surface area (Å²) in [6.45, 7) is 15.3. The first-order chi connectivity index (χ1) is 6.70. The molecule has 1 fully saturated rings. The Balaban J connectivity index is 2.29. The molecule has 0 bridgehead atoms. The summed E-state index contributed by atoms with van der Waals surface area (Å²) < 4.78 is 0. The van der Waals surface area contributed by atoms with Gasteiger partial charge >= 0.3 is 0 Å². The SMILES string of the molecule is CC1CC(C)(C)CC1NCCC(C)(C)C. The van der Waals surface area contributed by atoms with Crippen molar-refractivity contribution in [2.75, 3.05) is 6.54 Å².